The molecule has 1 aromatic carbocycles. The highest BCUT2D eigenvalue weighted by atomic mass is 32.1. The number of benzene rings is 1. The third kappa shape index (κ3) is 3.07. The van der Waals surface area contributed by atoms with Crippen molar-refractivity contribution in [1.82, 2.24) is 4.98 Å². The fraction of sp³-hybridized carbons (Fsp3) is 0.308. The van der Waals surface area contributed by atoms with Crippen LogP contribution >= 0.6 is 11.3 Å². The molecule has 96 valence electrons. The number of rotatable bonds is 5. The maximum Gasteiger partial charge on any atom is 0.0942 e. The van der Waals surface area contributed by atoms with Crippen molar-refractivity contribution in [2.45, 2.75) is 13.0 Å². The highest BCUT2D eigenvalue weighted by molar-refractivity contribution is 7.15. The summed E-state index contributed by atoms with van der Waals surface area (Å²) in [5, 5.41) is 22.3. The second-order valence-corrected chi connectivity index (χ2v) is 5.24. The minimum atomic E-state index is -0.749. The van der Waals surface area contributed by atoms with E-state index in [9.17, 15) is 5.11 Å². The van der Waals surface area contributed by atoms with Crippen LogP contribution in [0.25, 0.3) is 10.4 Å². The van der Waals surface area contributed by atoms with Crippen LogP contribution in [0.2, 0.25) is 0 Å². The summed E-state index contributed by atoms with van der Waals surface area (Å²) in [4.78, 5) is 5.34. The lowest BCUT2D eigenvalue weighted by molar-refractivity contribution is 0.105. The SMILES string of the molecule is Cc1ncc(-c2ccccc2NCC(O)CO)s1. The van der Waals surface area contributed by atoms with Gasteiger partial charge in [-0.15, -0.1) is 11.3 Å². The Kier molecular flexibility index (Phi) is 4.30. The minimum Gasteiger partial charge on any atom is -0.394 e. The minimum absolute atomic E-state index is 0.241. The summed E-state index contributed by atoms with van der Waals surface area (Å²) in [5.41, 5.74) is 2.00. The molecule has 1 unspecified atom stereocenters. The molecule has 0 bridgehead atoms. The Morgan fingerprint density at radius 1 is 1.39 bits per heavy atom. The first-order valence-corrected chi connectivity index (χ1v) is 6.57. The lowest BCUT2D eigenvalue weighted by Gasteiger charge is -2.13. The number of aliphatic hydroxyl groups is 2. The molecule has 5 heteroatoms. The van der Waals surface area contributed by atoms with Gasteiger partial charge in [-0.3, -0.25) is 0 Å². The Morgan fingerprint density at radius 2 is 2.17 bits per heavy atom. The lowest BCUT2D eigenvalue weighted by Crippen LogP contribution is -2.23. The van der Waals surface area contributed by atoms with Gasteiger partial charge in [-0.25, -0.2) is 4.98 Å². The van der Waals surface area contributed by atoms with Crippen molar-refractivity contribution in [3.8, 4) is 10.4 Å². The summed E-state index contributed by atoms with van der Waals surface area (Å²) >= 11 is 1.63. The summed E-state index contributed by atoms with van der Waals surface area (Å²) in [6.45, 7) is 2.06. The highest BCUT2D eigenvalue weighted by Gasteiger charge is 2.08. The number of aliphatic hydroxyl groups excluding tert-OH is 2. The monoisotopic (exact) mass is 264 g/mol. The average Bonchev–Trinajstić information content (AvgIpc) is 2.83. The van der Waals surface area contributed by atoms with Crippen molar-refractivity contribution in [3.05, 3.63) is 35.5 Å². The van der Waals surface area contributed by atoms with E-state index in [1.54, 1.807) is 11.3 Å². The molecular formula is C13H16N2O2S. The lowest BCUT2D eigenvalue weighted by atomic mass is 10.1. The Hall–Kier alpha value is -1.43. The molecule has 0 fully saturated rings. The van der Waals surface area contributed by atoms with E-state index in [1.165, 1.54) is 0 Å². The molecule has 1 aromatic heterocycles. The van der Waals surface area contributed by atoms with Gasteiger partial charge < -0.3 is 15.5 Å². The molecule has 2 aromatic rings. The van der Waals surface area contributed by atoms with Crippen LogP contribution in [0.1, 0.15) is 5.01 Å². The molecule has 0 saturated carbocycles. The van der Waals surface area contributed by atoms with Gasteiger partial charge in [0, 0.05) is 24.0 Å². The summed E-state index contributed by atoms with van der Waals surface area (Å²) in [5.74, 6) is 0. The largest absolute Gasteiger partial charge is 0.394 e. The zero-order valence-corrected chi connectivity index (χ0v) is 10.9. The molecule has 0 aliphatic carbocycles. The van der Waals surface area contributed by atoms with Gasteiger partial charge >= 0.3 is 0 Å². The molecule has 0 radical (unpaired) electrons. The fourth-order valence-electron chi connectivity index (χ4n) is 1.63. The maximum absolute atomic E-state index is 9.36. The van der Waals surface area contributed by atoms with Gasteiger partial charge in [-0.1, -0.05) is 18.2 Å². The van der Waals surface area contributed by atoms with E-state index < -0.39 is 6.10 Å². The highest BCUT2D eigenvalue weighted by Crippen LogP contribution is 2.31. The van der Waals surface area contributed by atoms with Gasteiger partial charge in [-0.2, -0.15) is 0 Å². The van der Waals surface area contributed by atoms with Gasteiger partial charge in [0.05, 0.1) is 22.6 Å². The third-order valence-corrected chi connectivity index (χ3v) is 3.50. The number of aromatic nitrogens is 1. The third-order valence-electron chi connectivity index (χ3n) is 2.55. The maximum atomic E-state index is 9.36. The standard InChI is InChI=1S/C13H16N2O2S/c1-9-14-7-13(18-9)11-4-2-3-5-12(11)15-6-10(17)8-16/h2-5,7,10,15-17H,6,8H2,1H3. The molecule has 0 aliphatic rings. The van der Waals surface area contributed by atoms with Gasteiger partial charge in [0.2, 0.25) is 0 Å². The molecule has 18 heavy (non-hydrogen) atoms. The number of hydrogen-bond acceptors (Lipinski definition) is 5. The van der Waals surface area contributed by atoms with Crippen molar-refractivity contribution in [1.29, 1.82) is 0 Å². The number of aryl methyl sites for hydroxylation is 1. The van der Waals surface area contributed by atoms with E-state index in [0.29, 0.717) is 6.54 Å². The van der Waals surface area contributed by atoms with Crippen LogP contribution in [0.4, 0.5) is 5.69 Å². The van der Waals surface area contributed by atoms with Gasteiger partial charge in [0.1, 0.15) is 0 Å². The second-order valence-electron chi connectivity index (χ2n) is 4.01. The zero-order chi connectivity index (χ0) is 13.0. The Bertz CT molecular complexity index is 513. The first-order valence-electron chi connectivity index (χ1n) is 5.75. The predicted molar refractivity (Wildman–Crippen MR) is 73.9 cm³/mol. The normalized spacial score (nSPS) is 12.4. The topological polar surface area (TPSA) is 65.4 Å². The van der Waals surface area contributed by atoms with Crippen molar-refractivity contribution in [2.24, 2.45) is 0 Å². The van der Waals surface area contributed by atoms with Crippen LogP contribution in [0.15, 0.2) is 30.5 Å². The predicted octanol–water partition coefficient (Wildman–Crippen LogP) is 1.88. The summed E-state index contributed by atoms with van der Waals surface area (Å²) in [7, 11) is 0. The van der Waals surface area contributed by atoms with Crippen molar-refractivity contribution in [2.75, 3.05) is 18.5 Å². The van der Waals surface area contributed by atoms with Crippen LogP contribution < -0.4 is 5.32 Å². The van der Waals surface area contributed by atoms with Gasteiger partial charge in [0.25, 0.3) is 0 Å². The van der Waals surface area contributed by atoms with E-state index in [0.717, 1.165) is 21.1 Å². The fourth-order valence-corrected chi connectivity index (χ4v) is 2.45. The number of para-hydroxylation sites is 1. The molecule has 2 rings (SSSR count). The first kappa shape index (κ1) is 13.0. The number of nitrogens with one attached hydrogen (secondary N) is 1. The van der Waals surface area contributed by atoms with Crippen LogP contribution in [0, 0.1) is 6.92 Å². The Balaban J connectivity index is 2.20. The molecule has 1 atom stereocenters. The Labute approximate surface area is 110 Å². The molecule has 4 nitrogen and oxygen atoms in total. The summed E-state index contributed by atoms with van der Waals surface area (Å²) in [6.07, 6.45) is 1.10. The Morgan fingerprint density at radius 3 is 2.83 bits per heavy atom. The van der Waals surface area contributed by atoms with Crippen LogP contribution in [0.5, 0.6) is 0 Å². The molecule has 3 N–H and O–H groups in total. The van der Waals surface area contributed by atoms with Crippen LogP contribution in [-0.4, -0.2) is 34.5 Å². The number of hydrogen-bond donors (Lipinski definition) is 3. The molecule has 0 spiro atoms. The van der Waals surface area contributed by atoms with Crippen molar-refractivity contribution in [3.63, 3.8) is 0 Å². The van der Waals surface area contributed by atoms with Crippen molar-refractivity contribution >= 4 is 17.0 Å². The quantitative estimate of drug-likeness (QED) is 0.771. The van der Waals surface area contributed by atoms with Crippen LogP contribution in [0.3, 0.4) is 0 Å². The zero-order valence-electron chi connectivity index (χ0n) is 10.1. The smallest absolute Gasteiger partial charge is 0.0942 e. The van der Waals surface area contributed by atoms with Crippen molar-refractivity contribution < 1.29 is 10.2 Å². The second kappa shape index (κ2) is 5.95. The first-order chi connectivity index (χ1) is 8.70. The molecule has 0 saturated heterocycles. The summed E-state index contributed by atoms with van der Waals surface area (Å²) in [6, 6.07) is 7.87. The summed E-state index contributed by atoms with van der Waals surface area (Å²) < 4.78 is 0. The molecule has 0 amide bonds. The van der Waals surface area contributed by atoms with Crippen LogP contribution in [-0.2, 0) is 0 Å². The van der Waals surface area contributed by atoms with E-state index in [1.807, 2.05) is 37.4 Å². The average molecular weight is 264 g/mol. The van der Waals surface area contributed by atoms with E-state index >= 15 is 0 Å². The van der Waals surface area contributed by atoms with Gasteiger partial charge in [0.15, 0.2) is 0 Å². The molecular weight excluding hydrogens is 248 g/mol. The molecule has 1 heterocycles. The molecule has 0 aliphatic heterocycles. The van der Waals surface area contributed by atoms with E-state index in [-0.39, 0.29) is 6.61 Å². The number of nitrogens with zero attached hydrogens (tertiary/aromatic N) is 1. The van der Waals surface area contributed by atoms with Gasteiger partial charge in [-0.05, 0) is 13.0 Å². The van der Waals surface area contributed by atoms with E-state index in [2.05, 4.69) is 10.3 Å². The van der Waals surface area contributed by atoms with E-state index in [4.69, 9.17) is 5.11 Å². The number of thiazole rings is 1. The number of anilines is 1.